The Hall–Kier alpha value is -2.73. The van der Waals surface area contributed by atoms with Gasteiger partial charge in [-0.1, -0.05) is 26.0 Å². The smallest absolute Gasteiger partial charge is 0.229 e. The maximum Gasteiger partial charge on any atom is 0.229 e. The number of nitrogens with one attached hydrogen (secondary N) is 1. The minimum absolute atomic E-state index is 0.147. The SMILES string of the molecule is CCN(CC)CCOc1ccccc1NC(=O)Cc1cc(OC)ccc1OC. The van der Waals surface area contributed by atoms with Gasteiger partial charge in [-0.2, -0.15) is 0 Å². The van der Waals surface area contributed by atoms with Crippen molar-refractivity contribution in [3.8, 4) is 17.2 Å². The second kappa shape index (κ2) is 11.2. The van der Waals surface area contributed by atoms with Crippen LogP contribution in [0.3, 0.4) is 0 Å². The summed E-state index contributed by atoms with van der Waals surface area (Å²) < 4.78 is 16.5. The molecule has 2 rings (SSSR count). The number of hydrogen-bond donors (Lipinski definition) is 1. The highest BCUT2D eigenvalue weighted by atomic mass is 16.5. The minimum Gasteiger partial charge on any atom is -0.497 e. The average Bonchev–Trinajstić information content (AvgIpc) is 2.72. The van der Waals surface area contributed by atoms with Crippen molar-refractivity contribution in [1.82, 2.24) is 4.90 Å². The number of amides is 1. The maximum absolute atomic E-state index is 12.6. The minimum atomic E-state index is -0.147. The van der Waals surface area contributed by atoms with Gasteiger partial charge < -0.3 is 24.4 Å². The Balaban J connectivity index is 2.02. The molecule has 0 saturated carbocycles. The summed E-state index contributed by atoms with van der Waals surface area (Å²) in [5.41, 5.74) is 1.42. The summed E-state index contributed by atoms with van der Waals surface area (Å²) in [7, 11) is 3.18. The maximum atomic E-state index is 12.6. The van der Waals surface area contributed by atoms with Crippen LogP contribution in [-0.4, -0.2) is 51.3 Å². The summed E-state index contributed by atoms with van der Waals surface area (Å²) in [6, 6.07) is 12.9. The zero-order valence-corrected chi connectivity index (χ0v) is 17.2. The van der Waals surface area contributed by atoms with Crippen LogP contribution in [0.25, 0.3) is 0 Å². The van der Waals surface area contributed by atoms with E-state index in [4.69, 9.17) is 14.2 Å². The summed E-state index contributed by atoms with van der Waals surface area (Å²) in [5.74, 6) is 1.86. The number of hydrogen-bond acceptors (Lipinski definition) is 5. The topological polar surface area (TPSA) is 60.0 Å². The molecule has 0 heterocycles. The van der Waals surface area contributed by atoms with Crippen LogP contribution < -0.4 is 19.5 Å². The lowest BCUT2D eigenvalue weighted by molar-refractivity contribution is -0.115. The van der Waals surface area contributed by atoms with Crippen LogP contribution in [0.4, 0.5) is 5.69 Å². The van der Waals surface area contributed by atoms with Crippen molar-refractivity contribution in [2.45, 2.75) is 20.3 Å². The van der Waals surface area contributed by atoms with Gasteiger partial charge in [0.25, 0.3) is 0 Å². The van der Waals surface area contributed by atoms with Crippen molar-refractivity contribution in [2.75, 3.05) is 45.8 Å². The summed E-state index contributed by atoms with van der Waals surface area (Å²) in [6.45, 7) is 7.64. The molecule has 0 aliphatic heterocycles. The van der Waals surface area contributed by atoms with Crippen LogP contribution >= 0.6 is 0 Å². The van der Waals surface area contributed by atoms with E-state index in [9.17, 15) is 4.79 Å². The van der Waals surface area contributed by atoms with Crippen LogP contribution in [-0.2, 0) is 11.2 Å². The summed E-state index contributed by atoms with van der Waals surface area (Å²) in [5, 5.41) is 2.94. The largest absolute Gasteiger partial charge is 0.497 e. The number of benzene rings is 2. The molecule has 2 aromatic rings. The molecule has 6 heteroatoms. The molecule has 0 fully saturated rings. The van der Waals surface area contributed by atoms with E-state index in [0.717, 1.165) is 25.2 Å². The lowest BCUT2D eigenvalue weighted by Gasteiger charge is -2.19. The zero-order chi connectivity index (χ0) is 20.4. The Morgan fingerprint density at radius 2 is 1.75 bits per heavy atom. The normalized spacial score (nSPS) is 10.6. The monoisotopic (exact) mass is 386 g/mol. The molecule has 28 heavy (non-hydrogen) atoms. The number of methoxy groups -OCH3 is 2. The van der Waals surface area contributed by atoms with Gasteiger partial charge in [0.1, 0.15) is 23.9 Å². The molecule has 6 nitrogen and oxygen atoms in total. The molecular weight excluding hydrogens is 356 g/mol. The Morgan fingerprint density at radius 3 is 2.43 bits per heavy atom. The highest BCUT2D eigenvalue weighted by molar-refractivity contribution is 5.94. The van der Waals surface area contributed by atoms with Crippen molar-refractivity contribution >= 4 is 11.6 Å². The van der Waals surface area contributed by atoms with Crippen LogP contribution in [0.5, 0.6) is 17.2 Å². The molecule has 1 amide bonds. The molecule has 0 bridgehead atoms. The Morgan fingerprint density at radius 1 is 1.00 bits per heavy atom. The first-order valence-corrected chi connectivity index (χ1v) is 9.56. The molecule has 0 spiro atoms. The number of para-hydroxylation sites is 2. The third-order valence-electron chi connectivity index (χ3n) is 4.56. The van der Waals surface area contributed by atoms with Gasteiger partial charge in [-0.3, -0.25) is 4.79 Å². The lowest BCUT2D eigenvalue weighted by Crippen LogP contribution is -2.28. The van der Waals surface area contributed by atoms with Gasteiger partial charge in [0.05, 0.1) is 26.3 Å². The van der Waals surface area contributed by atoms with Crippen LogP contribution in [0.15, 0.2) is 42.5 Å². The van der Waals surface area contributed by atoms with E-state index in [-0.39, 0.29) is 12.3 Å². The van der Waals surface area contributed by atoms with E-state index in [1.165, 1.54) is 0 Å². The van der Waals surface area contributed by atoms with Crippen molar-refractivity contribution in [2.24, 2.45) is 0 Å². The lowest BCUT2D eigenvalue weighted by atomic mass is 10.1. The zero-order valence-electron chi connectivity index (χ0n) is 17.2. The highest BCUT2D eigenvalue weighted by Crippen LogP contribution is 2.27. The van der Waals surface area contributed by atoms with Gasteiger partial charge >= 0.3 is 0 Å². The van der Waals surface area contributed by atoms with Crippen molar-refractivity contribution in [3.05, 3.63) is 48.0 Å². The number of anilines is 1. The molecule has 0 radical (unpaired) electrons. The Kier molecular flexibility index (Phi) is 8.62. The number of likely N-dealkylation sites (N-methyl/N-ethyl adjacent to an activating group) is 1. The number of rotatable bonds is 11. The Bertz CT molecular complexity index is 760. The Labute approximate surface area is 167 Å². The van der Waals surface area contributed by atoms with Gasteiger partial charge in [-0.25, -0.2) is 0 Å². The highest BCUT2D eigenvalue weighted by Gasteiger charge is 2.13. The standard InChI is InChI=1S/C22H30N2O4/c1-5-24(6-2)13-14-28-21-10-8-7-9-19(21)23-22(25)16-17-15-18(26-3)11-12-20(17)27-4/h7-12,15H,5-6,13-14,16H2,1-4H3,(H,23,25). The van der Waals surface area contributed by atoms with Crippen molar-refractivity contribution in [3.63, 3.8) is 0 Å². The van der Waals surface area contributed by atoms with E-state index >= 15 is 0 Å². The second-order valence-corrected chi connectivity index (χ2v) is 6.27. The number of carbonyl (C=O) groups is 1. The molecular formula is C22H30N2O4. The van der Waals surface area contributed by atoms with Crippen LogP contribution in [0.1, 0.15) is 19.4 Å². The second-order valence-electron chi connectivity index (χ2n) is 6.27. The summed E-state index contributed by atoms with van der Waals surface area (Å²) >= 11 is 0. The van der Waals surface area contributed by atoms with Gasteiger partial charge in [-0.15, -0.1) is 0 Å². The molecule has 0 atom stereocenters. The van der Waals surface area contributed by atoms with Crippen molar-refractivity contribution in [1.29, 1.82) is 0 Å². The molecule has 0 aliphatic carbocycles. The predicted molar refractivity (Wildman–Crippen MR) is 112 cm³/mol. The summed E-state index contributed by atoms with van der Waals surface area (Å²) in [4.78, 5) is 14.9. The molecule has 0 aliphatic rings. The van der Waals surface area contributed by atoms with Gasteiger partial charge in [0.2, 0.25) is 5.91 Å². The quantitative estimate of drug-likeness (QED) is 0.639. The predicted octanol–water partition coefficient (Wildman–Crippen LogP) is 3.61. The van der Waals surface area contributed by atoms with E-state index in [0.29, 0.717) is 29.5 Å². The van der Waals surface area contributed by atoms with Crippen LogP contribution in [0, 0.1) is 0 Å². The van der Waals surface area contributed by atoms with E-state index in [2.05, 4.69) is 24.1 Å². The van der Waals surface area contributed by atoms with Gasteiger partial charge in [0, 0.05) is 12.1 Å². The molecule has 152 valence electrons. The van der Waals surface area contributed by atoms with E-state index in [1.807, 2.05) is 30.3 Å². The van der Waals surface area contributed by atoms with Gasteiger partial charge in [0.15, 0.2) is 0 Å². The molecule has 0 aromatic heterocycles. The first-order chi connectivity index (χ1) is 13.6. The van der Waals surface area contributed by atoms with Crippen molar-refractivity contribution < 1.29 is 19.0 Å². The third kappa shape index (κ3) is 6.16. The number of nitrogens with zero attached hydrogens (tertiary/aromatic N) is 1. The van der Waals surface area contributed by atoms with Gasteiger partial charge in [-0.05, 0) is 43.4 Å². The average molecular weight is 386 g/mol. The first-order valence-electron chi connectivity index (χ1n) is 9.56. The molecule has 0 unspecified atom stereocenters. The van der Waals surface area contributed by atoms with E-state index < -0.39 is 0 Å². The third-order valence-corrected chi connectivity index (χ3v) is 4.56. The number of carbonyl (C=O) groups excluding carboxylic acids is 1. The molecule has 1 N–H and O–H groups in total. The fourth-order valence-electron chi connectivity index (χ4n) is 2.91. The van der Waals surface area contributed by atoms with Crippen LogP contribution in [0.2, 0.25) is 0 Å². The summed E-state index contributed by atoms with van der Waals surface area (Å²) in [6.07, 6.45) is 0.175. The first kappa shape index (κ1) is 21.6. The molecule has 0 saturated heterocycles. The van der Waals surface area contributed by atoms with E-state index in [1.54, 1.807) is 26.4 Å². The fourth-order valence-corrected chi connectivity index (χ4v) is 2.91. The fraction of sp³-hybridized carbons (Fsp3) is 0.409. The number of ether oxygens (including phenoxy) is 3. The molecule has 2 aromatic carbocycles.